The second-order valence-corrected chi connectivity index (χ2v) is 5.72. The molecule has 0 aromatic carbocycles. The van der Waals surface area contributed by atoms with E-state index in [1.54, 1.807) is 0 Å². The van der Waals surface area contributed by atoms with Gasteiger partial charge in [-0.2, -0.15) is 13.2 Å². The van der Waals surface area contributed by atoms with Gasteiger partial charge in [-0.25, -0.2) is 0 Å². The molecule has 0 saturated carbocycles. The minimum Gasteiger partial charge on any atom is -0.160 e. The number of hydrogen-bond donors (Lipinski definition) is 0. The van der Waals surface area contributed by atoms with E-state index in [2.05, 4.69) is 6.92 Å². The van der Waals surface area contributed by atoms with Gasteiger partial charge in [0.2, 0.25) is 0 Å². The van der Waals surface area contributed by atoms with Crippen molar-refractivity contribution < 1.29 is 13.2 Å². The van der Waals surface area contributed by atoms with Crippen molar-refractivity contribution >= 4 is 11.8 Å². The summed E-state index contributed by atoms with van der Waals surface area (Å²) in [7, 11) is 0. The number of halogens is 3. The van der Waals surface area contributed by atoms with E-state index in [4.69, 9.17) is 0 Å². The molecular weight excluding hydrogens is 245 g/mol. The number of unbranched alkanes of at least 4 members (excludes halogenated alkanes) is 6. The van der Waals surface area contributed by atoms with Gasteiger partial charge in [0.25, 0.3) is 0 Å². The average Bonchev–Trinajstić information content (AvgIpc) is 2.24. The quantitative estimate of drug-likeness (QED) is 0.440. The van der Waals surface area contributed by atoms with Crippen molar-refractivity contribution in [3.05, 3.63) is 6.92 Å². The number of rotatable bonds is 10. The monoisotopic (exact) mass is 269 g/mol. The maximum Gasteiger partial charge on any atom is 0.442 e. The predicted octanol–water partition coefficient (Wildman–Crippen LogP) is 5.97. The third kappa shape index (κ3) is 12.4. The number of alkyl halides is 3. The fourth-order valence-electron chi connectivity index (χ4n) is 1.79. The fourth-order valence-corrected chi connectivity index (χ4v) is 2.62. The lowest BCUT2D eigenvalue weighted by molar-refractivity contribution is -0.0334. The first-order chi connectivity index (χ1) is 7.99. The van der Waals surface area contributed by atoms with Crippen LogP contribution in [0.5, 0.6) is 0 Å². The molecule has 0 fully saturated rings. The van der Waals surface area contributed by atoms with Crippen LogP contribution in [-0.4, -0.2) is 10.8 Å². The van der Waals surface area contributed by atoms with Crippen LogP contribution in [0.4, 0.5) is 13.2 Å². The van der Waals surface area contributed by atoms with Crippen molar-refractivity contribution in [2.75, 3.05) is 0 Å². The summed E-state index contributed by atoms with van der Waals surface area (Å²) in [4.78, 5) is 0. The highest BCUT2D eigenvalue weighted by atomic mass is 32.2. The lowest BCUT2D eigenvalue weighted by atomic mass is 10.1. The summed E-state index contributed by atoms with van der Waals surface area (Å²) in [5.41, 5.74) is -4.07. The maximum absolute atomic E-state index is 12.2. The van der Waals surface area contributed by atoms with Gasteiger partial charge in [-0.15, -0.1) is 0 Å². The first-order valence-corrected chi connectivity index (χ1v) is 7.41. The molecule has 0 heterocycles. The van der Waals surface area contributed by atoms with E-state index in [9.17, 15) is 13.2 Å². The largest absolute Gasteiger partial charge is 0.442 e. The van der Waals surface area contributed by atoms with Crippen LogP contribution in [0.3, 0.4) is 0 Å². The van der Waals surface area contributed by atoms with Gasteiger partial charge >= 0.3 is 5.51 Å². The first kappa shape index (κ1) is 17.1. The van der Waals surface area contributed by atoms with E-state index < -0.39 is 5.51 Å². The maximum atomic E-state index is 12.2. The Labute approximate surface area is 108 Å². The Balaban J connectivity index is 3.44. The summed E-state index contributed by atoms with van der Waals surface area (Å²) < 4.78 is 36.5. The average molecular weight is 269 g/mol. The summed E-state index contributed by atoms with van der Waals surface area (Å²) in [6, 6.07) is 0. The lowest BCUT2D eigenvalue weighted by Crippen LogP contribution is -2.11. The highest BCUT2D eigenvalue weighted by Gasteiger charge is 2.31. The Morgan fingerprint density at radius 3 is 2.00 bits per heavy atom. The Bertz CT molecular complexity index is 169. The Morgan fingerprint density at radius 1 is 1.00 bits per heavy atom. The molecule has 0 nitrogen and oxygen atoms in total. The normalized spacial score (nSPS) is 13.9. The fraction of sp³-hybridized carbons (Fsp3) is 0.923. The lowest BCUT2D eigenvalue weighted by Gasteiger charge is -2.15. The van der Waals surface area contributed by atoms with Gasteiger partial charge in [0.1, 0.15) is 0 Å². The third-order valence-corrected chi connectivity index (χ3v) is 3.95. The zero-order chi connectivity index (χ0) is 13.1. The van der Waals surface area contributed by atoms with Crippen LogP contribution < -0.4 is 0 Å². The van der Waals surface area contributed by atoms with Crippen molar-refractivity contribution in [2.24, 2.45) is 0 Å². The van der Waals surface area contributed by atoms with Gasteiger partial charge < -0.3 is 0 Å². The van der Waals surface area contributed by atoms with Crippen LogP contribution >= 0.6 is 11.8 Å². The number of thioether (sulfide) groups is 1. The molecule has 0 aromatic heterocycles. The predicted molar refractivity (Wildman–Crippen MR) is 70.0 cm³/mol. The standard InChI is InChI=1S/C13H24F3S/c1-3-5-6-7-8-9-10-11-12(4-2)17-13(14,15)16/h12H,1,3-11H2,2H3. The van der Waals surface area contributed by atoms with E-state index in [-0.39, 0.29) is 17.0 Å². The SMILES string of the molecule is [CH2]CCCCCCCCC(CC)SC(F)(F)F. The first-order valence-electron chi connectivity index (χ1n) is 6.53. The van der Waals surface area contributed by atoms with Crippen molar-refractivity contribution in [1.82, 2.24) is 0 Å². The van der Waals surface area contributed by atoms with E-state index in [0.29, 0.717) is 12.8 Å². The topological polar surface area (TPSA) is 0 Å². The Morgan fingerprint density at radius 2 is 1.53 bits per heavy atom. The van der Waals surface area contributed by atoms with Gasteiger partial charge in [-0.1, -0.05) is 58.8 Å². The van der Waals surface area contributed by atoms with Crippen LogP contribution in [-0.2, 0) is 0 Å². The smallest absolute Gasteiger partial charge is 0.160 e. The van der Waals surface area contributed by atoms with Crippen molar-refractivity contribution in [1.29, 1.82) is 0 Å². The van der Waals surface area contributed by atoms with E-state index >= 15 is 0 Å². The molecule has 0 N–H and O–H groups in total. The van der Waals surface area contributed by atoms with Crippen molar-refractivity contribution in [3.63, 3.8) is 0 Å². The van der Waals surface area contributed by atoms with E-state index in [1.165, 1.54) is 19.3 Å². The molecule has 0 rings (SSSR count). The van der Waals surface area contributed by atoms with Crippen molar-refractivity contribution in [2.45, 2.75) is 75.5 Å². The molecule has 0 saturated heterocycles. The summed E-state index contributed by atoms with van der Waals surface area (Å²) in [6.45, 7) is 5.61. The highest BCUT2D eigenvalue weighted by Crippen LogP contribution is 2.37. The molecule has 0 aliphatic rings. The molecule has 0 bridgehead atoms. The molecule has 1 atom stereocenters. The van der Waals surface area contributed by atoms with E-state index in [0.717, 1.165) is 25.7 Å². The second kappa shape index (κ2) is 10.1. The van der Waals surface area contributed by atoms with Gasteiger partial charge in [0, 0.05) is 5.25 Å². The summed E-state index contributed by atoms with van der Waals surface area (Å²) in [5.74, 6) is 0. The summed E-state index contributed by atoms with van der Waals surface area (Å²) >= 11 is 0.166. The molecule has 0 aliphatic carbocycles. The minimum atomic E-state index is -4.07. The third-order valence-electron chi connectivity index (χ3n) is 2.78. The van der Waals surface area contributed by atoms with E-state index in [1.807, 2.05) is 6.92 Å². The Kier molecular flexibility index (Phi) is 10.2. The molecule has 1 unspecified atom stereocenters. The molecule has 1 radical (unpaired) electrons. The molecule has 0 spiro atoms. The molecule has 0 aliphatic heterocycles. The Hall–Kier alpha value is 0.140. The van der Waals surface area contributed by atoms with Gasteiger partial charge in [-0.3, -0.25) is 0 Å². The zero-order valence-corrected chi connectivity index (χ0v) is 11.5. The zero-order valence-electron chi connectivity index (χ0n) is 10.7. The molecule has 0 aromatic rings. The highest BCUT2D eigenvalue weighted by molar-refractivity contribution is 8.00. The van der Waals surface area contributed by atoms with Crippen LogP contribution in [0, 0.1) is 6.92 Å². The molecular formula is C13H24F3S. The second-order valence-electron chi connectivity index (χ2n) is 4.36. The molecule has 103 valence electrons. The van der Waals surface area contributed by atoms with Crippen LogP contribution in [0.15, 0.2) is 0 Å². The van der Waals surface area contributed by atoms with Gasteiger partial charge in [-0.05, 0) is 24.6 Å². The molecule has 17 heavy (non-hydrogen) atoms. The number of hydrogen-bond acceptors (Lipinski definition) is 1. The minimum absolute atomic E-state index is 0.166. The van der Waals surface area contributed by atoms with Crippen molar-refractivity contribution in [3.8, 4) is 0 Å². The van der Waals surface area contributed by atoms with Crippen LogP contribution in [0.1, 0.15) is 64.7 Å². The van der Waals surface area contributed by atoms with Gasteiger partial charge in [0.15, 0.2) is 0 Å². The summed E-state index contributed by atoms with van der Waals surface area (Å²) in [6.07, 6.45) is 8.98. The molecule has 0 amide bonds. The van der Waals surface area contributed by atoms with Crippen LogP contribution in [0.25, 0.3) is 0 Å². The molecule has 4 heteroatoms. The van der Waals surface area contributed by atoms with Crippen LogP contribution in [0.2, 0.25) is 0 Å². The summed E-state index contributed by atoms with van der Waals surface area (Å²) in [5, 5.41) is -0.255. The van der Waals surface area contributed by atoms with Gasteiger partial charge in [0.05, 0.1) is 0 Å².